The normalized spacial score (nSPS) is 14.9. The van der Waals surface area contributed by atoms with Crippen LogP contribution in [0.4, 0.5) is 5.69 Å². The van der Waals surface area contributed by atoms with Gasteiger partial charge in [-0.3, -0.25) is 14.5 Å². The minimum absolute atomic E-state index is 0.0607. The first-order valence-electron chi connectivity index (χ1n) is 8.86. The van der Waals surface area contributed by atoms with Crippen LogP contribution in [0.25, 0.3) is 0 Å². The minimum atomic E-state index is -0.105. The van der Waals surface area contributed by atoms with Crippen molar-refractivity contribution in [3.63, 3.8) is 0 Å². The smallest absolute Gasteiger partial charge is 0.238 e. The number of hydrogen-bond donors (Lipinski definition) is 1. The van der Waals surface area contributed by atoms with Crippen molar-refractivity contribution in [2.75, 3.05) is 11.9 Å². The second-order valence-corrected chi connectivity index (χ2v) is 7.22. The fraction of sp³-hybridized carbons (Fsp3) is 0.333. The van der Waals surface area contributed by atoms with Gasteiger partial charge in [-0.05, 0) is 56.5 Å². The van der Waals surface area contributed by atoms with Crippen LogP contribution in [-0.4, -0.2) is 29.2 Å². The average molecular weight is 371 g/mol. The molecule has 1 unspecified atom stereocenters. The Morgan fingerprint density at radius 1 is 1.15 bits per heavy atom. The van der Waals surface area contributed by atoms with Crippen LogP contribution in [0.15, 0.2) is 48.5 Å². The van der Waals surface area contributed by atoms with Gasteiger partial charge in [-0.1, -0.05) is 35.9 Å². The van der Waals surface area contributed by atoms with Crippen LogP contribution in [0.5, 0.6) is 0 Å². The van der Waals surface area contributed by atoms with Crippen LogP contribution in [0.2, 0.25) is 5.02 Å². The van der Waals surface area contributed by atoms with Crippen molar-refractivity contribution in [2.24, 2.45) is 0 Å². The van der Waals surface area contributed by atoms with Crippen LogP contribution in [-0.2, 0) is 4.79 Å². The summed E-state index contributed by atoms with van der Waals surface area (Å²) in [6.45, 7) is 3.91. The quantitative estimate of drug-likeness (QED) is 0.718. The van der Waals surface area contributed by atoms with Gasteiger partial charge in [0.15, 0.2) is 5.78 Å². The van der Waals surface area contributed by atoms with Crippen LogP contribution in [0.3, 0.4) is 0 Å². The molecule has 26 heavy (non-hydrogen) atoms. The van der Waals surface area contributed by atoms with Gasteiger partial charge in [0.1, 0.15) is 0 Å². The van der Waals surface area contributed by atoms with Gasteiger partial charge < -0.3 is 5.32 Å². The maximum atomic E-state index is 12.6. The van der Waals surface area contributed by atoms with Gasteiger partial charge >= 0.3 is 0 Å². The molecule has 1 aliphatic carbocycles. The number of carbonyl (C=O) groups excluding carboxylic acids is 2. The van der Waals surface area contributed by atoms with E-state index in [4.69, 9.17) is 11.6 Å². The Kier molecular flexibility index (Phi) is 5.74. The number of benzene rings is 2. The monoisotopic (exact) mass is 370 g/mol. The highest BCUT2D eigenvalue weighted by molar-refractivity contribution is 6.30. The highest BCUT2D eigenvalue weighted by Crippen LogP contribution is 2.34. The molecule has 0 bridgehead atoms. The number of para-hydroxylation sites is 1. The molecule has 1 atom stereocenters. The molecule has 136 valence electrons. The number of ketones is 1. The molecule has 1 fully saturated rings. The van der Waals surface area contributed by atoms with Crippen molar-refractivity contribution in [3.05, 3.63) is 64.7 Å². The second kappa shape index (κ2) is 8.02. The highest BCUT2D eigenvalue weighted by Gasteiger charge is 2.34. The number of carbonyl (C=O) groups is 2. The van der Waals surface area contributed by atoms with E-state index in [9.17, 15) is 9.59 Å². The number of halogens is 1. The largest absolute Gasteiger partial charge is 0.324 e. The predicted octanol–water partition coefficient (Wildman–Crippen LogP) is 4.71. The summed E-state index contributed by atoms with van der Waals surface area (Å²) in [5.74, 6) is -0.166. The number of nitrogens with one attached hydrogen (secondary N) is 1. The summed E-state index contributed by atoms with van der Waals surface area (Å²) in [7, 11) is 0. The Morgan fingerprint density at radius 2 is 1.81 bits per heavy atom. The van der Waals surface area contributed by atoms with Crippen molar-refractivity contribution in [1.82, 2.24) is 4.90 Å². The fourth-order valence-corrected chi connectivity index (χ4v) is 3.30. The van der Waals surface area contributed by atoms with Gasteiger partial charge in [-0.2, -0.15) is 0 Å². The first-order valence-corrected chi connectivity index (χ1v) is 9.24. The lowest BCUT2D eigenvalue weighted by Crippen LogP contribution is -2.37. The molecule has 1 amide bonds. The van der Waals surface area contributed by atoms with E-state index in [1.165, 1.54) is 6.92 Å². The van der Waals surface area contributed by atoms with E-state index >= 15 is 0 Å². The van der Waals surface area contributed by atoms with Gasteiger partial charge in [0.25, 0.3) is 0 Å². The first-order chi connectivity index (χ1) is 12.5. The standard InChI is InChI=1S/C21H23ClN2O2/c1-14(16-7-9-17(22)10-8-16)24(18-11-12-18)13-21(26)23-20-6-4-3-5-19(20)15(2)25/h3-10,14,18H,11-13H2,1-2H3,(H,23,26). The maximum Gasteiger partial charge on any atom is 0.238 e. The molecular formula is C21H23ClN2O2. The Labute approximate surface area is 159 Å². The van der Waals surface area contributed by atoms with Crippen molar-refractivity contribution >= 4 is 29.0 Å². The number of Topliss-reactive ketones (excluding diaryl/α,β-unsaturated/α-hetero) is 1. The number of hydrogen-bond acceptors (Lipinski definition) is 3. The van der Waals surface area contributed by atoms with Crippen molar-refractivity contribution in [1.29, 1.82) is 0 Å². The maximum absolute atomic E-state index is 12.6. The third-order valence-electron chi connectivity index (χ3n) is 4.77. The molecule has 0 aliphatic heterocycles. The summed E-state index contributed by atoms with van der Waals surface area (Å²) in [5, 5.41) is 3.60. The molecular weight excluding hydrogens is 348 g/mol. The van der Waals surface area contributed by atoms with Crippen molar-refractivity contribution < 1.29 is 9.59 Å². The van der Waals surface area contributed by atoms with E-state index in [0.717, 1.165) is 18.4 Å². The van der Waals surface area contributed by atoms with E-state index in [2.05, 4.69) is 17.1 Å². The van der Waals surface area contributed by atoms with Crippen molar-refractivity contribution in [2.45, 2.75) is 38.8 Å². The van der Waals surface area contributed by atoms with Crippen LogP contribution in [0, 0.1) is 0 Å². The molecule has 1 N–H and O–H groups in total. The van der Waals surface area contributed by atoms with Crippen LogP contribution in [0.1, 0.15) is 48.7 Å². The van der Waals surface area contributed by atoms with E-state index in [-0.39, 0.29) is 17.7 Å². The van der Waals surface area contributed by atoms with E-state index in [0.29, 0.717) is 28.9 Å². The van der Waals surface area contributed by atoms with Gasteiger partial charge in [-0.15, -0.1) is 0 Å². The Balaban J connectivity index is 1.71. The molecule has 0 radical (unpaired) electrons. The van der Waals surface area contributed by atoms with E-state index < -0.39 is 0 Å². The molecule has 3 rings (SSSR count). The Hall–Kier alpha value is -2.17. The molecule has 0 saturated heterocycles. The van der Waals surface area contributed by atoms with Gasteiger partial charge in [0.2, 0.25) is 5.91 Å². The third-order valence-corrected chi connectivity index (χ3v) is 5.02. The molecule has 5 heteroatoms. The average Bonchev–Trinajstić information content (AvgIpc) is 3.45. The highest BCUT2D eigenvalue weighted by atomic mass is 35.5. The summed E-state index contributed by atoms with van der Waals surface area (Å²) in [6, 6.07) is 15.4. The molecule has 2 aromatic rings. The molecule has 1 saturated carbocycles. The molecule has 0 spiro atoms. The van der Waals surface area contributed by atoms with Crippen LogP contribution >= 0.6 is 11.6 Å². The SMILES string of the molecule is CC(=O)c1ccccc1NC(=O)CN(C1CC1)C(C)c1ccc(Cl)cc1. The topological polar surface area (TPSA) is 49.4 Å². The molecule has 4 nitrogen and oxygen atoms in total. The van der Waals surface area contributed by atoms with Gasteiger partial charge in [0.05, 0.1) is 12.2 Å². The number of anilines is 1. The number of rotatable bonds is 7. The lowest BCUT2D eigenvalue weighted by atomic mass is 10.1. The zero-order valence-corrected chi connectivity index (χ0v) is 15.8. The Morgan fingerprint density at radius 3 is 2.42 bits per heavy atom. The molecule has 2 aromatic carbocycles. The van der Waals surface area contributed by atoms with E-state index in [1.807, 2.05) is 30.3 Å². The van der Waals surface area contributed by atoms with E-state index in [1.54, 1.807) is 18.2 Å². The first kappa shape index (κ1) is 18.6. The lowest BCUT2D eigenvalue weighted by molar-refractivity contribution is -0.118. The molecule has 1 aliphatic rings. The predicted molar refractivity (Wildman–Crippen MR) is 105 cm³/mol. The molecule has 0 heterocycles. The van der Waals surface area contributed by atoms with Crippen molar-refractivity contribution in [3.8, 4) is 0 Å². The summed E-state index contributed by atoms with van der Waals surface area (Å²) >= 11 is 5.98. The van der Waals surface area contributed by atoms with Crippen LogP contribution < -0.4 is 5.32 Å². The minimum Gasteiger partial charge on any atom is -0.324 e. The van der Waals surface area contributed by atoms with Gasteiger partial charge in [0, 0.05) is 22.7 Å². The number of nitrogens with zero attached hydrogens (tertiary/aromatic N) is 1. The third kappa shape index (κ3) is 4.51. The summed E-state index contributed by atoms with van der Waals surface area (Å²) in [6.07, 6.45) is 2.21. The van der Waals surface area contributed by atoms with Gasteiger partial charge in [-0.25, -0.2) is 0 Å². The zero-order valence-electron chi connectivity index (χ0n) is 15.0. The fourth-order valence-electron chi connectivity index (χ4n) is 3.18. The zero-order chi connectivity index (χ0) is 18.7. The summed E-state index contributed by atoms with van der Waals surface area (Å²) in [4.78, 5) is 26.6. The Bertz CT molecular complexity index is 800. The summed E-state index contributed by atoms with van der Waals surface area (Å²) < 4.78 is 0. The molecule has 0 aromatic heterocycles. The lowest BCUT2D eigenvalue weighted by Gasteiger charge is -2.29. The number of amides is 1. The summed E-state index contributed by atoms with van der Waals surface area (Å²) in [5.41, 5.74) is 2.24. The second-order valence-electron chi connectivity index (χ2n) is 6.78.